The Bertz CT molecular complexity index is 284. The van der Waals surface area contributed by atoms with Crippen molar-refractivity contribution in [1.29, 1.82) is 0 Å². The first-order valence-electron chi connectivity index (χ1n) is 6.20. The molecular weight excluding hydrogens is 281 g/mol. The zero-order valence-electron chi connectivity index (χ0n) is 10.6. The maximum absolute atomic E-state index is 12.3. The third kappa shape index (κ3) is 7.03. The molecule has 0 aromatic rings. The molecule has 112 valence electrons. The summed E-state index contributed by atoms with van der Waals surface area (Å²) >= 11 is 1.41. The highest BCUT2D eigenvalue weighted by Gasteiger charge is 2.32. The predicted molar refractivity (Wildman–Crippen MR) is 68.1 cm³/mol. The lowest BCUT2D eigenvalue weighted by Gasteiger charge is -2.25. The first-order chi connectivity index (χ1) is 8.92. The highest BCUT2D eigenvalue weighted by molar-refractivity contribution is 8.00. The normalized spacial score (nSPS) is 17.5. The van der Waals surface area contributed by atoms with Gasteiger partial charge in [0.2, 0.25) is 5.91 Å². The van der Waals surface area contributed by atoms with Gasteiger partial charge in [0.05, 0.1) is 12.4 Å². The molecule has 1 aliphatic rings. The van der Waals surface area contributed by atoms with E-state index in [0.717, 1.165) is 25.9 Å². The molecule has 1 saturated heterocycles. The van der Waals surface area contributed by atoms with Crippen LogP contribution in [-0.2, 0) is 4.79 Å². The molecule has 0 saturated carbocycles. The maximum Gasteiger partial charge on any atom is 0.406 e. The minimum Gasteiger partial charge on any atom is -0.395 e. The zero-order valence-corrected chi connectivity index (χ0v) is 11.4. The van der Waals surface area contributed by atoms with Crippen LogP contribution in [-0.4, -0.2) is 65.9 Å². The number of alkyl halides is 3. The van der Waals surface area contributed by atoms with Crippen LogP contribution in [0.2, 0.25) is 0 Å². The topological polar surface area (TPSA) is 52.6 Å². The van der Waals surface area contributed by atoms with Gasteiger partial charge in [0.15, 0.2) is 0 Å². The summed E-state index contributed by atoms with van der Waals surface area (Å²) in [5.74, 6) is -0.518. The quantitative estimate of drug-likeness (QED) is 0.764. The van der Waals surface area contributed by atoms with Crippen LogP contribution in [0.5, 0.6) is 0 Å². The molecule has 1 rings (SSSR count). The SMILES string of the molecule is O=C(CSC1CCNCC1)N(CCO)CC(F)(F)F. The average molecular weight is 300 g/mol. The average Bonchev–Trinajstić information content (AvgIpc) is 2.35. The van der Waals surface area contributed by atoms with Crippen LogP contribution in [0.25, 0.3) is 0 Å². The van der Waals surface area contributed by atoms with E-state index in [9.17, 15) is 18.0 Å². The molecule has 0 bridgehead atoms. The van der Waals surface area contributed by atoms with E-state index in [1.807, 2.05) is 0 Å². The number of aliphatic hydroxyl groups excluding tert-OH is 1. The van der Waals surface area contributed by atoms with E-state index < -0.39 is 25.2 Å². The second-order valence-corrected chi connectivity index (χ2v) is 5.70. The smallest absolute Gasteiger partial charge is 0.395 e. The summed E-state index contributed by atoms with van der Waals surface area (Å²) in [5, 5.41) is 12.2. The number of thioether (sulfide) groups is 1. The van der Waals surface area contributed by atoms with Crippen LogP contribution in [0.1, 0.15) is 12.8 Å². The number of nitrogens with zero attached hydrogens (tertiary/aromatic N) is 1. The second kappa shape index (κ2) is 7.96. The lowest BCUT2D eigenvalue weighted by Crippen LogP contribution is -2.42. The Kier molecular flexibility index (Phi) is 6.95. The number of nitrogens with one attached hydrogen (secondary N) is 1. The monoisotopic (exact) mass is 300 g/mol. The molecule has 0 spiro atoms. The van der Waals surface area contributed by atoms with Gasteiger partial charge < -0.3 is 15.3 Å². The number of hydrogen-bond donors (Lipinski definition) is 2. The van der Waals surface area contributed by atoms with E-state index in [2.05, 4.69) is 5.32 Å². The van der Waals surface area contributed by atoms with Crippen molar-refractivity contribution < 1.29 is 23.1 Å². The lowest BCUT2D eigenvalue weighted by molar-refractivity contribution is -0.160. The first-order valence-corrected chi connectivity index (χ1v) is 7.25. The number of hydrogen-bond acceptors (Lipinski definition) is 4. The Balaban J connectivity index is 2.38. The van der Waals surface area contributed by atoms with Crippen molar-refractivity contribution in [2.24, 2.45) is 0 Å². The molecule has 0 atom stereocenters. The Hall–Kier alpha value is -0.470. The molecule has 0 aliphatic carbocycles. The summed E-state index contributed by atoms with van der Waals surface area (Å²) < 4.78 is 36.9. The van der Waals surface area contributed by atoms with Gasteiger partial charge in [-0.25, -0.2) is 0 Å². The molecule has 0 radical (unpaired) electrons. The number of carbonyl (C=O) groups is 1. The summed E-state index contributed by atoms with van der Waals surface area (Å²) in [4.78, 5) is 12.4. The van der Waals surface area contributed by atoms with Crippen LogP contribution in [0.4, 0.5) is 13.2 Å². The number of rotatable bonds is 6. The fraction of sp³-hybridized carbons (Fsp3) is 0.909. The number of halogens is 3. The van der Waals surface area contributed by atoms with Crippen LogP contribution in [0.15, 0.2) is 0 Å². The molecule has 0 unspecified atom stereocenters. The standard InChI is InChI=1S/C11H19F3N2O2S/c12-11(13,14)8-16(5-6-17)10(18)7-19-9-1-3-15-4-2-9/h9,15,17H,1-8H2. The highest BCUT2D eigenvalue weighted by atomic mass is 32.2. The molecule has 1 amide bonds. The van der Waals surface area contributed by atoms with E-state index in [0.29, 0.717) is 10.1 Å². The minimum absolute atomic E-state index is 0.0424. The molecule has 0 aromatic carbocycles. The molecule has 1 heterocycles. The van der Waals surface area contributed by atoms with Crippen molar-refractivity contribution in [3.8, 4) is 0 Å². The fourth-order valence-corrected chi connectivity index (χ4v) is 3.00. The number of carbonyl (C=O) groups excluding carboxylic acids is 1. The van der Waals surface area contributed by atoms with Gasteiger partial charge in [-0.3, -0.25) is 4.79 Å². The van der Waals surface area contributed by atoms with Crippen molar-refractivity contribution in [2.75, 3.05) is 38.5 Å². The summed E-state index contributed by atoms with van der Waals surface area (Å²) in [5.41, 5.74) is 0. The first kappa shape index (κ1) is 16.6. The summed E-state index contributed by atoms with van der Waals surface area (Å²) in [6.45, 7) is -0.256. The van der Waals surface area contributed by atoms with Crippen molar-refractivity contribution in [3.05, 3.63) is 0 Å². The van der Waals surface area contributed by atoms with Gasteiger partial charge in [-0.15, -0.1) is 11.8 Å². The molecule has 1 fully saturated rings. The van der Waals surface area contributed by atoms with Crippen molar-refractivity contribution >= 4 is 17.7 Å². The number of aliphatic hydroxyl groups is 1. The number of piperidine rings is 1. The van der Waals surface area contributed by atoms with Crippen molar-refractivity contribution in [1.82, 2.24) is 10.2 Å². The van der Waals surface area contributed by atoms with Gasteiger partial charge in [0.1, 0.15) is 6.54 Å². The number of amides is 1. The molecule has 8 heteroatoms. The Morgan fingerprint density at radius 3 is 2.53 bits per heavy atom. The maximum atomic E-state index is 12.3. The van der Waals surface area contributed by atoms with Gasteiger partial charge in [0.25, 0.3) is 0 Å². The van der Waals surface area contributed by atoms with Gasteiger partial charge >= 0.3 is 6.18 Å². The van der Waals surface area contributed by atoms with E-state index in [-0.39, 0.29) is 12.3 Å². The minimum atomic E-state index is -4.43. The molecule has 19 heavy (non-hydrogen) atoms. The van der Waals surface area contributed by atoms with Crippen LogP contribution in [0.3, 0.4) is 0 Å². The predicted octanol–water partition coefficient (Wildman–Crippen LogP) is 0.855. The van der Waals surface area contributed by atoms with Crippen LogP contribution >= 0.6 is 11.8 Å². The van der Waals surface area contributed by atoms with E-state index in [4.69, 9.17) is 5.11 Å². The van der Waals surface area contributed by atoms with Gasteiger partial charge in [-0.1, -0.05) is 0 Å². The van der Waals surface area contributed by atoms with Gasteiger partial charge in [-0.05, 0) is 25.9 Å². The Labute approximate surface area is 114 Å². The molecule has 2 N–H and O–H groups in total. The van der Waals surface area contributed by atoms with E-state index in [1.165, 1.54) is 11.8 Å². The lowest BCUT2D eigenvalue weighted by atomic mass is 10.2. The summed E-state index contributed by atoms with van der Waals surface area (Å²) in [6, 6.07) is 0. The van der Waals surface area contributed by atoms with Crippen molar-refractivity contribution in [3.63, 3.8) is 0 Å². The summed E-state index contributed by atoms with van der Waals surface area (Å²) in [7, 11) is 0. The Morgan fingerprint density at radius 2 is 2.00 bits per heavy atom. The van der Waals surface area contributed by atoms with Gasteiger partial charge in [-0.2, -0.15) is 13.2 Å². The van der Waals surface area contributed by atoms with Crippen LogP contribution < -0.4 is 5.32 Å². The summed E-state index contributed by atoms with van der Waals surface area (Å²) in [6.07, 6.45) is -2.57. The van der Waals surface area contributed by atoms with E-state index in [1.54, 1.807) is 0 Å². The molecule has 1 aliphatic heterocycles. The van der Waals surface area contributed by atoms with Gasteiger partial charge in [0, 0.05) is 11.8 Å². The van der Waals surface area contributed by atoms with Crippen molar-refractivity contribution in [2.45, 2.75) is 24.3 Å². The third-order valence-corrected chi connectivity index (χ3v) is 4.18. The fourth-order valence-electron chi connectivity index (χ4n) is 1.87. The highest BCUT2D eigenvalue weighted by Crippen LogP contribution is 2.22. The molecular formula is C11H19F3N2O2S. The molecule has 4 nitrogen and oxygen atoms in total. The second-order valence-electron chi connectivity index (χ2n) is 4.41. The third-order valence-electron chi connectivity index (χ3n) is 2.82. The largest absolute Gasteiger partial charge is 0.406 e. The van der Waals surface area contributed by atoms with E-state index >= 15 is 0 Å². The zero-order chi connectivity index (χ0) is 14.3. The Morgan fingerprint density at radius 1 is 1.37 bits per heavy atom. The van der Waals surface area contributed by atoms with Crippen LogP contribution in [0, 0.1) is 0 Å². The molecule has 0 aromatic heterocycles.